The molecule has 1 aromatic carbocycles. The smallest absolute Gasteiger partial charge is 0.255 e. The Kier molecular flexibility index (Phi) is 3.93. The van der Waals surface area contributed by atoms with Crippen LogP contribution in [-0.2, 0) is 0 Å². The van der Waals surface area contributed by atoms with E-state index in [0.29, 0.717) is 5.56 Å². The van der Waals surface area contributed by atoms with Crippen LogP contribution in [0.1, 0.15) is 24.2 Å². The lowest BCUT2D eigenvalue weighted by Gasteiger charge is -2.24. The van der Waals surface area contributed by atoms with Gasteiger partial charge in [-0.2, -0.15) is 5.10 Å². The van der Waals surface area contributed by atoms with E-state index in [-0.39, 0.29) is 11.7 Å². The van der Waals surface area contributed by atoms with Crippen LogP contribution < -0.4 is 11.1 Å². The van der Waals surface area contributed by atoms with Gasteiger partial charge in [0, 0.05) is 6.20 Å². The van der Waals surface area contributed by atoms with Crippen molar-refractivity contribution in [1.82, 2.24) is 15.1 Å². The highest BCUT2D eigenvalue weighted by atomic mass is 16.4. The number of amides is 1. The molecule has 0 bridgehead atoms. The number of benzene rings is 1. The summed E-state index contributed by atoms with van der Waals surface area (Å²) in [7, 11) is 0. The first kappa shape index (κ1) is 14.6. The molecule has 0 unspecified atom stereocenters. The quantitative estimate of drug-likeness (QED) is 0.339. The first-order valence-corrected chi connectivity index (χ1v) is 6.34. The number of rotatable bonds is 4. The van der Waals surface area contributed by atoms with Crippen LogP contribution in [0, 0.1) is 0 Å². The van der Waals surface area contributed by atoms with E-state index < -0.39 is 5.54 Å². The summed E-state index contributed by atoms with van der Waals surface area (Å²) in [6, 6.07) is 9.45. The van der Waals surface area contributed by atoms with Crippen molar-refractivity contribution >= 4 is 11.7 Å². The molecule has 0 spiro atoms. The highest BCUT2D eigenvalue weighted by Gasteiger charge is 2.26. The van der Waals surface area contributed by atoms with Crippen LogP contribution in [0.25, 0.3) is 5.69 Å². The van der Waals surface area contributed by atoms with E-state index in [1.165, 1.54) is 6.20 Å². The molecule has 4 N–H and O–H groups in total. The third kappa shape index (κ3) is 3.19. The van der Waals surface area contributed by atoms with Crippen molar-refractivity contribution in [2.24, 2.45) is 10.9 Å². The summed E-state index contributed by atoms with van der Waals surface area (Å²) in [5.41, 5.74) is 5.82. The molecule has 0 atom stereocenters. The molecule has 21 heavy (non-hydrogen) atoms. The highest BCUT2D eigenvalue weighted by molar-refractivity contribution is 5.99. The lowest BCUT2D eigenvalue weighted by molar-refractivity contribution is 0.0931. The average molecular weight is 287 g/mol. The number of hydrogen-bond acceptors (Lipinski definition) is 4. The van der Waals surface area contributed by atoms with Crippen molar-refractivity contribution < 1.29 is 10.0 Å². The molecule has 2 rings (SSSR count). The fraction of sp³-hybridized carbons (Fsp3) is 0.214. The third-order valence-corrected chi connectivity index (χ3v) is 3.04. The normalized spacial score (nSPS) is 12.2. The van der Waals surface area contributed by atoms with Gasteiger partial charge in [-0.25, -0.2) is 4.68 Å². The lowest BCUT2D eigenvalue weighted by atomic mass is 10.0. The van der Waals surface area contributed by atoms with Crippen LogP contribution >= 0.6 is 0 Å². The Morgan fingerprint density at radius 1 is 1.38 bits per heavy atom. The van der Waals surface area contributed by atoms with Gasteiger partial charge in [-0.1, -0.05) is 23.4 Å². The number of amidine groups is 1. The second-order valence-corrected chi connectivity index (χ2v) is 5.07. The van der Waals surface area contributed by atoms with E-state index in [1.54, 1.807) is 24.7 Å². The van der Waals surface area contributed by atoms with Crippen molar-refractivity contribution in [3.05, 3.63) is 48.3 Å². The first-order valence-electron chi connectivity index (χ1n) is 6.34. The Morgan fingerprint density at radius 3 is 2.67 bits per heavy atom. The van der Waals surface area contributed by atoms with Crippen LogP contribution in [-0.4, -0.2) is 32.3 Å². The molecule has 0 fully saturated rings. The molecule has 0 saturated heterocycles. The number of carbonyl (C=O) groups is 1. The van der Waals surface area contributed by atoms with Gasteiger partial charge in [-0.3, -0.25) is 4.79 Å². The molecule has 7 heteroatoms. The van der Waals surface area contributed by atoms with Crippen molar-refractivity contribution in [2.75, 3.05) is 0 Å². The molecule has 1 aromatic heterocycles. The molecule has 0 radical (unpaired) electrons. The largest absolute Gasteiger partial charge is 0.409 e. The summed E-state index contributed by atoms with van der Waals surface area (Å²) in [4.78, 5) is 12.2. The molecular formula is C14H17N5O2. The van der Waals surface area contributed by atoms with Crippen LogP contribution in [0.5, 0.6) is 0 Å². The van der Waals surface area contributed by atoms with Crippen LogP contribution in [0.2, 0.25) is 0 Å². The minimum absolute atomic E-state index is 0.0775. The fourth-order valence-electron chi connectivity index (χ4n) is 1.71. The van der Waals surface area contributed by atoms with Gasteiger partial charge in [0.25, 0.3) is 5.91 Å². The summed E-state index contributed by atoms with van der Waals surface area (Å²) < 4.78 is 1.60. The number of aromatic nitrogens is 2. The third-order valence-electron chi connectivity index (χ3n) is 3.04. The molecule has 0 aliphatic rings. The average Bonchev–Trinajstić information content (AvgIpc) is 2.96. The molecule has 2 aromatic rings. The molecular weight excluding hydrogens is 270 g/mol. The number of oxime groups is 1. The Bertz CT molecular complexity index is 661. The first-order chi connectivity index (χ1) is 9.94. The predicted octanol–water partition coefficient (Wildman–Crippen LogP) is 1.13. The van der Waals surface area contributed by atoms with Gasteiger partial charge in [0.15, 0.2) is 5.84 Å². The maximum atomic E-state index is 12.2. The Labute approximate surface area is 122 Å². The second-order valence-electron chi connectivity index (χ2n) is 5.07. The molecule has 110 valence electrons. The number of nitrogens with one attached hydrogen (secondary N) is 1. The minimum atomic E-state index is -0.958. The van der Waals surface area contributed by atoms with Crippen molar-refractivity contribution in [3.8, 4) is 5.69 Å². The Hall–Kier alpha value is -2.83. The van der Waals surface area contributed by atoms with Crippen LogP contribution in [0.15, 0.2) is 47.9 Å². The van der Waals surface area contributed by atoms with Gasteiger partial charge in [0.1, 0.15) is 0 Å². The molecule has 0 saturated carbocycles. The highest BCUT2D eigenvalue weighted by Crippen LogP contribution is 2.09. The van der Waals surface area contributed by atoms with Crippen molar-refractivity contribution in [1.29, 1.82) is 0 Å². The van der Waals surface area contributed by atoms with Gasteiger partial charge in [0.2, 0.25) is 0 Å². The van der Waals surface area contributed by atoms with Gasteiger partial charge in [-0.05, 0) is 26.0 Å². The van der Waals surface area contributed by atoms with Gasteiger partial charge in [0.05, 0.1) is 23.0 Å². The lowest BCUT2D eigenvalue weighted by Crippen LogP contribution is -2.53. The van der Waals surface area contributed by atoms with Crippen LogP contribution in [0.3, 0.4) is 0 Å². The molecule has 0 aliphatic carbocycles. The van der Waals surface area contributed by atoms with Gasteiger partial charge >= 0.3 is 0 Å². The summed E-state index contributed by atoms with van der Waals surface area (Å²) in [5.74, 6) is -0.430. The number of para-hydroxylation sites is 1. The molecule has 1 amide bonds. The predicted molar refractivity (Wildman–Crippen MR) is 78.5 cm³/mol. The van der Waals surface area contributed by atoms with Crippen molar-refractivity contribution in [2.45, 2.75) is 19.4 Å². The summed E-state index contributed by atoms with van der Waals surface area (Å²) in [5, 5.41) is 18.4. The fourth-order valence-corrected chi connectivity index (χ4v) is 1.71. The number of carbonyl (C=O) groups excluding carboxylic acids is 1. The van der Waals surface area contributed by atoms with E-state index in [0.717, 1.165) is 5.69 Å². The van der Waals surface area contributed by atoms with E-state index >= 15 is 0 Å². The Balaban J connectivity index is 2.17. The number of nitrogens with zero attached hydrogens (tertiary/aromatic N) is 3. The monoisotopic (exact) mass is 287 g/mol. The second kappa shape index (κ2) is 5.66. The maximum absolute atomic E-state index is 12.2. The minimum Gasteiger partial charge on any atom is -0.409 e. The van der Waals surface area contributed by atoms with E-state index in [2.05, 4.69) is 15.6 Å². The number of hydrogen-bond donors (Lipinski definition) is 3. The SMILES string of the molecule is CC(C)(NC(=O)c1cnn(-c2ccccc2)c1)/C(N)=N/O. The maximum Gasteiger partial charge on any atom is 0.255 e. The molecule has 1 heterocycles. The van der Waals surface area contributed by atoms with E-state index in [9.17, 15) is 4.79 Å². The zero-order valence-electron chi connectivity index (χ0n) is 11.8. The van der Waals surface area contributed by atoms with Gasteiger partial charge < -0.3 is 16.3 Å². The van der Waals surface area contributed by atoms with Gasteiger partial charge in [-0.15, -0.1) is 0 Å². The zero-order chi connectivity index (χ0) is 15.5. The van der Waals surface area contributed by atoms with Crippen molar-refractivity contribution in [3.63, 3.8) is 0 Å². The summed E-state index contributed by atoms with van der Waals surface area (Å²) in [6.07, 6.45) is 3.08. The number of nitrogens with two attached hydrogens (primary N) is 1. The van der Waals surface area contributed by atoms with E-state index in [4.69, 9.17) is 10.9 Å². The molecule has 0 aliphatic heterocycles. The van der Waals surface area contributed by atoms with E-state index in [1.807, 2.05) is 30.3 Å². The molecule has 7 nitrogen and oxygen atoms in total. The van der Waals surface area contributed by atoms with Crippen LogP contribution in [0.4, 0.5) is 0 Å². The standard InChI is InChI=1S/C14H17N5O2/c1-14(2,13(15)18-21)17-12(20)10-8-16-19(9-10)11-6-4-3-5-7-11/h3-9,21H,1-2H3,(H2,15,18)(H,17,20). The summed E-state index contributed by atoms with van der Waals surface area (Å²) >= 11 is 0. The summed E-state index contributed by atoms with van der Waals surface area (Å²) in [6.45, 7) is 3.28. The topological polar surface area (TPSA) is 106 Å². The zero-order valence-corrected chi connectivity index (χ0v) is 11.8. The Morgan fingerprint density at radius 2 is 2.05 bits per heavy atom.